The number of hydrogen-bond donors (Lipinski definition) is 1. The lowest BCUT2D eigenvalue weighted by Gasteiger charge is -2.18. The summed E-state index contributed by atoms with van der Waals surface area (Å²) in [5, 5.41) is 3.52. The fourth-order valence-corrected chi connectivity index (χ4v) is 1.94. The van der Waals surface area contributed by atoms with Crippen LogP contribution < -0.4 is 5.32 Å². The zero-order valence-corrected chi connectivity index (χ0v) is 12.4. The Hall–Kier alpha value is -0.910. The van der Waals surface area contributed by atoms with Crippen molar-refractivity contribution in [3.05, 3.63) is 18.2 Å². The number of methoxy groups -OCH3 is 1. The highest BCUT2D eigenvalue weighted by molar-refractivity contribution is 4.95. The molecule has 1 atom stereocenters. The van der Waals surface area contributed by atoms with Crippen molar-refractivity contribution >= 4 is 0 Å². The van der Waals surface area contributed by atoms with Gasteiger partial charge in [0, 0.05) is 38.5 Å². The van der Waals surface area contributed by atoms with Crippen molar-refractivity contribution in [2.75, 3.05) is 33.5 Å². The summed E-state index contributed by atoms with van der Waals surface area (Å²) in [6.45, 7) is 8.25. The summed E-state index contributed by atoms with van der Waals surface area (Å²) in [5.74, 6) is 1.12. The first kappa shape index (κ1) is 16.1. The summed E-state index contributed by atoms with van der Waals surface area (Å²) >= 11 is 0. The summed E-state index contributed by atoms with van der Waals surface area (Å²) < 4.78 is 12.8. The van der Waals surface area contributed by atoms with Gasteiger partial charge in [-0.2, -0.15) is 0 Å². The molecular formula is C14H27N3O2. The van der Waals surface area contributed by atoms with Crippen molar-refractivity contribution in [1.82, 2.24) is 14.9 Å². The van der Waals surface area contributed by atoms with Crippen LogP contribution in [0.25, 0.3) is 0 Å². The Morgan fingerprint density at radius 2 is 2.21 bits per heavy atom. The van der Waals surface area contributed by atoms with Gasteiger partial charge in [-0.25, -0.2) is 4.98 Å². The van der Waals surface area contributed by atoms with Crippen molar-refractivity contribution in [2.45, 2.75) is 39.3 Å². The summed E-state index contributed by atoms with van der Waals surface area (Å²) in [4.78, 5) is 4.42. The third kappa shape index (κ3) is 6.18. The van der Waals surface area contributed by atoms with E-state index in [1.807, 2.05) is 12.4 Å². The van der Waals surface area contributed by atoms with E-state index in [2.05, 4.69) is 28.7 Å². The first-order valence-electron chi connectivity index (χ1n) is 7.11. The minimum atomic E-state index is 0.310. The molecule has 0 radical (unpaired) electrons. The van der Waals surface area contributed by atoms with E-state index in [-0.39, 0.29) is 0 Å². The molecule has 1 aromatic rings. The summed E-state index contributed by atoms with van der Waals surface area (Å²) in [6, 6.07) is 0.310. The highest BCUT2D eigenvalue weighted by Gasteiger charge is 2.12. The van der Waals surface area contributed by atoms with Gasteiger partial charge in [-0.05, 0) is 19.9 Å². The van der Waals surface area contributed by atoms with Crippen molar-refractivity contribution in [3.8, 4) is 0 Å². The third-order valence-corrected chi connectivity index (χ3v) is 3.01. The van der Waals surface area contributed by atoms with Gasteiger partial charge in [0.05, 0.1) is 19.8 Å². The summed E-state index contributed by atoms with van der Waals surface area (Å²) in [7, 11) is 1.69. The second-order valence-corrected chi connectivity index (χ2v) is 4.55. The van der Waals surface area contributed by atoms with E-state index >= 15 is 0 Å². The molecule has 0 saturated heterocycles. The molecule has 1 N–H and O–H groups in total. The van der Waals surface area contributed by atoms with Gasteiger partial charge in [0.15, 0.2) is 0 Å². The fourth-order valence-electron chi connectivity index (χ4n) is 1.94. The first-order chi connectivity index (χ1) is 9.31. The van der Waals surface area contributed by atoms with Gasteiger partial charge in [-0.15, -0.1) is 0 Å². The number of hydrogen-bond acceptors (Lipinski definition) is 4. The third-order valence-electron chi connectivity index (χ3n) is 3.01. The maximum absolute atomic E-state index is 5.63. The fraction of sp³-hybridized carbons (Fsp3) is 0.786. The maximum atomic E-state index is 5.63. The number of nitrogens with zero attached hydrogens (tertiary/aromatic N) is 2. The topological polar surface area (TPSA) is 48.3 Å². The molecule has 0 spiro atoms. The molecule has 0 aromatic carbocycles. The number of imidazole rings is 1. The number of aromatic nitrogens is 2. The molecule has 1 unspecified atom stereocenters. The van der Waals surface area contributed by atoms with E-state index in [1.165, 1.54) is 0 Å². The molecule has 0 fully saturated rings. The lowest BCUT2D eigenvalue weighted by atomic mass is 10.2. The van der Waals surface area contributed by atoms with Crippen LogP contribution in [0.15, 0.2) is 12.4 Å². The molecule has 0 aliphatic rings. The predicted octanol–water partition coefficient (Wildman–Crippen LogP) is 1.48. The minimum Gasteiger partial charge on any atom is -0.382 e. The zero-order chi connectivity index (χ0) is 13.9. The Bertz CT molecular complexity index is 328. The Morgan fingerprint density at radius 1 is 1.37 bits per heavy atom. The minimum absolute atomic E-state index is 0.310. The molecule has 1 aromatic heterocycles. The van der Waals surface area contributed by atoms with E-state index in [1.54, 1.807) is 7.11 Å². The van der Waals surface area contributed by atoms with E-state index in [0.29, 0.717) is 25.9 Å². The van der Waals surface area contributed by atoms with Crippen LogP contribution in [0.5, 0.6) is 0 Å². The second-order valence-electron chi connectivity index (χ2n) is 4.55. The number of rotatable bonds is 11. The van der Waals surface area contributed by atoms with E-state index in [4.69, 9.17) is 9.47 Å². The smallest absolute Gasteiger partial charge is 0.110 e. The Morgan fingerprint density at radius 3 is 2.89 bits per heavy atom. The molecule has 0 aliphatic carbocycles. The van der Waals surface area contributed by atoms with Crippen molar-refractivity contribution in [2.24, 2.45) is 0 Å². The molecule has 0 saturated carbocycles. The highest BCUT2D eigenvalue weighted by Crippen LogP contribution is 2.03. The monoisotopic (exact) mass is 269 g/mol. The van der Waals surface area contributed by atoms with Crippen LogP contribution in [0, 0.1) is 0 Å². The highest BCUT2D eigenvalue weighted by atomic mass is 16.5. The van der Waals surface area contributed by atoms with Crippen molar-refractivity contribution < 1.29 is 9.47 Å². The number of nitrogens with one attached hydrogen (secondary N) is 1. The lowest BCUT2D eigenvalue weighted by molar-refractivity contribution is 0.0583. The van der Waals surface area contributed by atoms with Gasteiger partial charge in [-0.3, -0.25) is 0 Å². The van der Waals surface area contributed by atoms with Gasteiger partial charge in [0.1, 0.15) is 5.82 Å². The molecular weight excluding hydrogens is 242 g/mol. The van der Waals surface area contributed by atoms with Crippen LogP contribution >= 0.6 is 0 Å². The zero-order valence-electron chi connectivity index (χ0n) is 12.4. The number of ether oxygens (including phenoxy) is 2. The largest absolute Gasteiger partial charge is 0.382 e. The predicted molar refractivity (Wildman–Crippen MR) is 76.4 cm³/mol. The van der Waals surface area contributed by atoms with E-state index in [0.717, 1.165) is 31.8 Å². The standard InChI is InChI=1S/C14H27N3O2/c1-4-6-15-13(12-19-10-9-18-3)11-14-16-7-8-17(14)5-2/h7-8,13,15H,4-6,9-12H2,1-3H3. The molecule has 0 aliphatic heterocycles. The molecule has 1 heterocycles. The van der Waals surface area contributed by atoms with E-state index < -0.39 is 0 Å². The molecule has 0 bridgehead atoms. The summed E-state index contributed by atoms with van der Waals surface area (Å²) in [5.41, 5.74) is 0. The maximum Gasteiger partial charge on any atom is 0.110 e. The van der Waals surface area contributed by atoms with Gasteiger partial charge < -0.3 is 19.4 Å². The van der Waals surface area contributed by atoms with Crippen molar-refractivity contribution in [1.29, 1.82) is 0 Å². The van der Waals surface area contributed by atoms with E-state index in [9.17, 15) is 0 Å². The molecule has 0 amide bonds. The molecule has 5 nitrogen and oxygen atoms in total. The van der Waals surface area contributed by atoms with Crippen LogP contribution in [0.1, 0.15) is 26.1 Å². The van der Waals surface area contributed by atoms with Crippen LogP contribution in [-0.2, 0) is 22.4 Å². The van der Waals surface area contributed by atoms with Gasteiger partial charge in [0.25, 0.3) is 0 Å². The molecule has 1 rings (SSSR count). The van der Waals surface area contributed by atoms with Crippen molar-refractivity contribution in [3.63, 3.8) is 0 Å². The normalized spacial score (nSPS) is 12.8. The van der Waals surface area contributed by atoms with Gasteiger partial charge in [-0.1, -0.05) is 6.92 Å². The average Bonchev–Trinajstić information content (AvgIpc) is 2.87. The van der Waals surface area contributed by atoms with Gasteiger partial charge >= 0.3 is 0 Å². The van der Waals surface area contributed by atoms with Gasteiger partial charge in [0.2, 0.25) is 0 Å². The summed E-state index contributed by atoms with van der Waals surface area (Å²) in [6.07, 6.45) is 5.91. The Labute approximate surface area is 116 Å². The average molecular weight is 269 g/mol. The van der Waals surface area contributed by atoms with Crippen LogP contribution in [0.2, 0.25) is 0 Å². The van der Waals surface area contributed by atoms with Crippen LogP contribution in [0.3, 0.4) is 0 Å². The Balaban J connectivity index is 2.43. The molecule has 19 heavy (non-hydrogen) atoms. The molecule has 110 valence electrons. The second kappa shape index (κ2) is 9.95. The number of aryl methyl sites for hydroxylation is 1. The Kier molecular flexibility index (Phi) is 8.45. The van der Waals surface area contributed by atoms with Crippen LogP contribution in [-0.4, -0.2) is 49.1 Å². The molecule has 5 heteroatoms. The first-order valence-corrected chi connectivity index (χ1v) is 7.11. The lowest BCUT2D eigenvalue weighted by Crippen LogP contribution is -2.37. The SMILES string of the molecule is CCCNC(COCCOC)Cc1nccn1CC. The van der Waals surface area contributed by atoms with Crippen LogP contribution in [0.4, 0.5) is 0 Å². The quantitative estimate of drug-likeness (QED) is 0.618.